The van der Waals surface area contributed by atoms with Crippen molar-refractivity contribution in [2.75, 3.05) is 13.2 Å². The number of allylic oxidation sites excluding steroid dienone is 10. The van der Waals surface area contributed by atoms with Gasteiger partial charge in [-0.15, -0.1) is 0 Å². The molecule has 0 fully saturated rings. The summed E-state index contributed by atoms with van der Waals surface area (Å²) in [4.78, 5) is 24.6. The van der Waals surface area contributed by atoms with Crippen LogP contribution < -0.4 is 0 Å². The molecule has 0 spiro atoms. The minimum Gasteiger partial charge on any atom is -0.462 e. The van der Waals surface area contributed by atoms with Gasteiger partial charge in [0.05, 0.1) is 6.61 Å². The summed E-state index contributed by atoms with van der Waals surface area (Å²) in [6.07, 6.45) is 89.7. The molecule has 0 bridgehead atoms. The molecule has 0 aromatic rings. The second-order valence-corrected chi connectivity index (χ2v) is 22.5. The molecule has 1 unspecified atom stereocenters. The molecule has 0 saturated carbocycles. The van der Waals surface area contributed by atoms with Crippen molar-refractivity contribution < 1.29 is 24.2 Å². The van der Waals surface area contributed by atoms with E-state index in [2.05, 4.69) is 74.6 Å². The Morgan fingerprint density at radius 1 is 0.320 bits per heavy atom. The molecule has 438 valence electrons. The van der Waals surface area contributed by atoms with Gasteiger partial charge in [-0.05, 0) is 57.8 Å². The maximum absolute atomic E-state index is 12.3. The summed E-state index contributed by atoms with van der Waals surface area (Å²) < 4.78 is 10.7. The molecule has 0 aliphatic carbocycles. The summed E-state index contributed by atoms with van der Waals surface area (Å²) in [6, 6.07) is 0. The van der Waals surface area contributed by atoms with Crippen molar-refractivity contribution in [2.24, 2.45) is 0 Å². The number of unbranched alkanes of at least 4 members (excludes halogenated alkanes) is 44. The molecule has 5 nitrogen and oxygen atoms in total. The molecule has 1 N–H and O–H groups in total. The molecule has 1 atom stereocenters. The van der Waals surface area contributed by atoms with Gasteiger partial charge in [0.15, 0.2) is 6.10 Å². The molecule has 0 aromatic carbocycles. The largest absolute Gasteiger partial charge is 0.462 e. The molecule has 75 heavy (non-hydrogen) atoms. The first kappa shape index (κ1) is 72.6. The molecule has 0 aliphatic heterocycles. The van der Waals surface area contributed by atoms with Crippen LogP contribution in [0, 0.1) is 0 Å². The van der Waals surface area contributed by atoms with E-state index in [4.69, 9.17) is 9.47 Å². The monoisotopic (exact) mass is 1050 g/mol. The fraction of sp³-hybridized carbons (Fsp3) is 0.829. The molecular formula is C70H128O5. The van der Waals surface area contributed by atoms with Crippen molar-refractivity contribution in [3.8, 4) is 0 Å². The molecule has 5 heteroatoms. The van der Waals surface area contributed by atoms with Gasteiger partial charge < -0.3 is 14.6 Å². The van der Waals surface area contributed by atoms with Crippen LogP contribution in [0.3, 0.4) is 0 Å². The van der Waals surface area contributed by atoms with Crippen LogP contribution in [0.25, 0.3) is 0 Å². The number of hydrogen-bond donors (Lipinski definition) is 1. The smallest absolute Gasteiger partial charge is 0.306 e. The fourth-order valence-corrected chi connectivity index (χ4v) is 10.1. The highest BCUT2D eigenvalue weighted by atomic mass is 16.6. The minimum absolute atomic E-state index is 0.0590. The Labute approximate surface area is 468 Å². The van der Waals surface area contributed by atoms with Gasteiger partial charge in [0.2, 0.25) is 0 Å². The standard InChI is InChI=1S/C70H128O5/c1-3-5-7-9-11-13-15-17-19-21-23-25-26-27-28-29-30-31-32-33-34-35-36-37-38-39-40-41-42-43-44-45-47-49-51-53-55-57-59-61-63-65-70(73)75-68(66-71)67-74-69(72)64-62-60-58-56-54-52-50-48-46-24-22-20-18-16-14-12-10-8-6-4-2/h5,7,11,13,17,19,23,25,27-28,68,71H,3-4,6,8-10,12,14-16,18,20-22,24,26,29-67H2,1-2H3/b7-5-,13-11-,19-17-,25-23-,28-27-. The summed E-state index contributed by atoms with van der Waals surface area (Å²) >= 11 is 0. The summed E-state index contributed by atoms with van der Waals surface area (Å²) in [7, 11) is 0. The Hall–Kier alpha value is -2.40. The number of hydrogen-bond acceptors (Lipinski definition) is 5. The lowest BCUT2D eigenvalue weighted by Gasteiger charge is -2.15. The van der Waals surface area contributed by atoms with Crippen molar-refractivity contribution in [2.45, 2.75) is 360 Å². The highest BCUT2D eigenvalue weighted by molar-refractivity contribution is 5.70. The van der Waals surface area contributed by atoms with Crippen molar-refractivity contribution >= 4 is 11.9 Å². The van der Waals surface area contributed by atoms with E-state index in [1.807, 2.05) is 0 Å². The number of carbonyl (C=O) groups is 2. The minimum atomic E-state index is -0.769. The first-order valence-corrected chi connectivity index (χ1v) is 33.3. The molecule has 0 rings (SSSR count). The van der Waals surface area contributed by atoms with Gasteiger partial charge >= 0.3 is 11.9 Å². The van der Waals surface area contributed by atoms with Gasteiger partial charge in [-0.1, -0.05) is 344 Å². The number of aliphatic hydroxyl groups is 1. The van der Waals surface area contributed by atoms with Crippen molar-refractivity contribution in [1.82, 2.24) is 0 Å². The molecule has 0 amide bonds. The van der Waals surface area contributed by atoms with Gasteiger partial charge in [0, 0.05) is 12.8 Å². The molecular weight excluding hydrogens is 921 g/mol. The highest BCUT2D eigenvalue weighted by Gasteiger charge is 2.16. The summed E-state index contributed by atoms with van der Waals surface area (Å²) in [6.45, 7) is 4.08. The lowest BCUT2D eigenvalue weighted by atomic mass is 10.0. The van der Waals surface area contributed by atoms with E-state index in [0.29, 0.717) is 12.8 Å². The lowest BCUT2D eigenvalue weighted by molar-refractivity contribution is -0.161. The Balaban J connectivity index is 3.38. The van der Waals surface area contributed by atoms with Crippen LogP contribution in [0.5, 0.6) is 0 Å². The van der Waals surface area contributed by atoms with Crippen LogP contribution in [0.2, 0.25) is 0 Å². The number of esters is 2. The second-order valence-electron chi connectivity index (χ2n) is 22.5. The predicted octanol–water partition coefficient (Wildman–Crippen LogP) is 22.9. The number of carbonyl (C=O) groups excluding carboxylic acids is 2. The third kappa shape index (κ3) is 64.0. The number of ether oxygens (including phenoxy) is 2. The van der Waals surface area contributed by atoms with E-state index in [0.717, 1.165) is 64.2 Å². The molecule has 0 aromatic heterocycles. The van der Waals surface area contributed by atoms with Crippen LogP contribution in [-0.2, 0) is 19.1 Å². The third-order valence-corrected chi connectivity index (χ3v) is 15.1. The normalized spacial score (nSPS) is 12.5. The molecule has 0 saturated heterocycles. The average Bonchev–Trinajstić information content (AvgIpc) is 3.41. The first-order chi connectivity index (χ1) is 37.1. The average molecular weight is 1050 g/mol. The third-order valence-electron chi connectivity index (χ3n) is 15.1. The quantitative estimate of drug-likeness (QED) is 0.0373. The second kappa shape index (κ2) is 65.9. The Kier molecular flexibility index (Phi) is 63.8. The summed E-state index contributed by atoms with van der Waals surface area (Å²) in [5.74, 6) is -0.567. The van der Waals surface area contributed by atoms with E-state index in [-0.39, 0.29) is 25.2 Å². The van der Waals surface area contributed by atoms with Crippen LogP contribution in [-0.4, -0.2) is 36.4 Å². The summed E-state index contributed by atoms with van der Waals surface area (Å²) in [5.41, 5.74) is 0. The molecule has 0 aliphatic rings. The first-order valence-electron chi connectivity index (χ1n) is 33.3. The van der Waals surface area contributed by atoms with Gasteiger partial charge in [0.1, 0.15) is 6.61 Å². The molecule has 0 radical (unpaired) electrons. The zero-order valence-electron chi connectivity index (χ0n) is 50.3. The Bertz CT molecular complexity index is 1280. The van der Waals surface area contributed by atoms with Gasteiger partial charge in [-0.2, -0.15) is 0 Å². The number of rotatable bonds is 62. The van der Waals surface area contributed by atoms with Crippen LogP contribution in [0.4, 0.5) is 0 Å². The van der Waals surface area contributed by atoms with Crippen LogP contribution in [0.15, 0.2) is 60.8 Å². The van der Waals surface area contributed by atoms with Gasteiger partial charge in [-0.3, -0.25) is 9.59 Å². The fourth-order valence-electron chi connectivity index (χ4n) is 10.1. The highest BCUT2D eigenvalue weighted by Crippen LogP contribution is 2.18. The van der Waals surface area contributed by atoms with Gasteiger partial charge in [0.25, 0.3) is 0 Å². The van der Waals surface area contributed by atoms with E-state index in [1.54, 1.807) is 0 Å². The van der Waals surface area contributed by atoms with Crippen molar-refractivity contribution in [3.05, 3.63) is 60.8 Å². The van der Waals surface area contributed by atoms with Crippen molar-refractivity contribution in [3.63, 3.8) is 0 Å². The molecule has 0 heterocycles. The van der Waals surface area contributed by atoms with E-state index < -0.39 is 6.10 Å². The van der Waals surface area contributed by atoms with Crippen LogP contribution in [0.1, 0.15) is 354 Å². The van der Waals surface area contributed by atoms with Crippen molar-refractivity contribution in [1.29, 1.82) is 0 Å². The van der Waals surface area contributed by atoms with E-state index in [9.17, 15) is 14.7 Å². The SMILES string of the molecule is CC/C=C\C/C=C\C/C=C\C/C=C\C/C=C\CCCCCCCCCCCCCCCCCCCCCCCCCCCC(=O)OC(CO)COC(=O)CCCCCCCCCCCCCCCCCCCCCC. The van der Waals surface area contributed by atoms with Crippen LogP contribution >= 0.6 is 0 Å². The zero-order chi connectivity index (χ0) is 54.1. The number of aliphatic hydroxyl groups excluding tert-OH is 1. The zero-order valence-corrected chi connectivity index (χ0v) is 50.3. The van der Waals surface area contributed by atoms with Gasteiger partial charge in [-0.25, -0.2) is 0 Å². The van der Waals surface area contributed by atoms with E-state index in [1.165, 1.54) is 263 Å². The van der Waals surface area contributed by atoms with E-state index >= 15 is 0 Å². The lowest BCUT2D eigenvalue weighted by Crippen LogP contribution is -2.28. The maximum Gasteiger partial charge on any atom is 0.306 e. The Morgan fingerprint density at radius 2 is 0.573 bits per heavy atom. The maximum atomic E-state index is 12.3. The Morgan fingerprint density at radius 3 is 0.867 bits per heavy atom. The predicted molar refractivity (Wildman–Crippen MR) is 330 cm³/mol. The topological polar surface area (TPSA) is 72.8 Å². The summed E-state index contributed by atoms with van der Waals surface area (Å²) in [5, 5.41) is 9.68.